The van der Waals surface area contributed by atoms with E-state index in [1.165, 1.54) is 17.7 Å². The summed E-state index contributed by atoms with van der Waals surface area (Å²) in [5, 5.41) is 5.74. The van der Waals surface area contributed by atoms with Crippen LogP contribution < -0.4 is 16.2 Å². The molecular weight excluding hydrogens is 420 g/mol. The van der Waals surface area contributed by atoms with Crippen LogP contribution in [0.1, 0.15) is 73.3 Å². The molecule has 4 heterocycles. The van der Waals surface area contributed by atoms with E-state index < -0.39 is 11.9 Å². The fourth-order valence-corrected chi connectivity index (χ4v) is 5.81. The predicted molar refractivity (Wildman–Crippen MR) is 116 cm³/mol. The summed E-state index contributed by atoms with van der Waals surface area (Å²) in [7, 11) is 0. The Balaban J connectivity index is 0.00000231. The zero-order valence-electron chi connectivity index (χ0n) is 17.5. The van der Waals surface area contributed by atoms with Crippen molar-refractivity contribution in [3.05, 3.63) is 33.7 Å². The number of aromatic nitrogens is 1. The van der Waals surface area contributed by atoms with Gasteiger partial charge < -0.3 is 14.8 Å². The van der Waals surface area contributed by atoms with Gasteiger partial charge >= 0.3 is 0 Å². The number of pyridine rings is 1. The van der Waals surface area contributed by atoms with Crippen LogP contribution in [0.3, 0.4) is 0 Å². The number of nitrogens with one attached hydrogen (secondary N) is 2. The number of imide groups is 1. The van der Waals surface area contributed by atoms with Crippen LogP contribution in [0, 0.1) is 5.41 Å². The van der Waals surface area contributed by atoms with Gasteiger partial charge in [0.05, 0.1) is 12.1 Å². The lowest BCUT2D eigenvalue weighted by atomic mass is 9.67. The number of fused-ring (bicyclic) bond motifs is 1. The molecule has 4 aliphatic rings. The van der Waals surface area contributed by atoms with Crippen LogP contribution in [0.4, 0.5) is 0 Å². The van der Waals surface area contributed by atoms with Crippen molar-refractivity contribution in [2.24, 2.45) is 5.41 Å². The third-order valence-electron chi connectivity index (χ3n) is 7.70. The molecule has 0 bridgehead atoms. The van der Waals surface area contributed by atoms with E-state index in [9.17, 15) is 19.2 Å². The second-order valence-electron chi connectivity index (χ2n) is 9.30. The number of nitrogens with zero attached hydrogens (tertiary/aromatic N) is 2. The minimum absolute atomic E-state index is 0. The minimum Gasteiger partial charge on any atom is -0.322 e. The Bertz CT molecular complexity index is 959. The Morgan fingerprint density at radius 2 is 1.68 bits per heavy atom. The fraction of sp³-hybridized carbons (Fsp3) is 0.636. The van der Waals surface area contributed by atoms with E-state index >= 15 is 0 Å². The van der Waals surface area contributed by atoms with E-state index in [4.69, 9.17) is 0 Å². The molecule has 1 atom stereocenters. The average Bonchev–Trinajstić information content (AvgIpc) is 3.07. The largest absolute Gasteiger partial charge is 0.322 e. The van der Waals surface area contributed by atoms with Crippen molar-refractivity contribution >= 4 is 30.1 Å². The minimum atomic E-state index is -0.690. The Morgan fingerprint density at radius 3 is 2.35 bits per heavy atom. The summed E-state index contributed by atoms with van der Waals surface area (Å²) in [6.45, 7) is 2.31. The third kappa shape index (κ3) is 3.80. The molecular formula is C22H29ClN4O4. The zero-order valence-corrected chi connectivity index (χ0v) is 18.3. The smallest absolute Gasteiger partial charge is 0.256 e. The van der Waals surface area contributed by atoms with Gasteiger partial charge in [0.2, 0.25) is 11.8 Å². The van der Waals surface area contributed by atoms with Crippen molar-refractivity contribution in [1.29, 1.82) is 0 Å². The van der Waals surface area contributed by atoms with Crippen molar-refractivity contribution in [3.8, 4) is 0 Å². The lowest BCUT2D eigenvalue weighted by molar-refractivity contribution is -0.136. The summed E-state index contributed by atoms with van der Waals surface area (Å²) >= 11 is 0. The van der Waals surface area contributed by atoms with Gasteiger partial charge in [-0.15, -0.1) is 12.4 Å². The van der Waals surface area contributed by atoms with Crippen LogP contribution >= 0.6 is 12.4 Å². The van der Waals surface area contributed by atoms with Gasteiger partial charge in [-0.2, -0.15) is 0 Å². The molecule has 1 aliphatic carbocycles. The maximum atomic E-state index is 13.3. The first-order valence-electron chi connectivity index (χ1n) is 11.1. The number of rotatable bonds is 2. The predicted octanol–water partition coefficient (Wildman–Crippen LogP) is 1.52. The number of carbonyl (C=O) groups is 3. The van der Waals surface area contributed by atoms with E-state index in [2.05, 4.69) is 10.6 Å². The van der Waals surface area contributed by atoms with E-state index in [1.807, 2.05) is 4.57 Å². The molecule has 1 aromatic heterocycles. The van der Waals surface area contributed by atoms with Gasteiger partial charge in [-0.25, -0.2) is 0 Å². The van der Waals surface area contributed by atoms with Crippen molar-refractivity contribution in [2.45, 2.75) is 70.0 Å². The van der Waals surface area contributed by atoms with Gasteiger partial charge in [-0.3, -0.25) is 24.5 Å². The third-order valence-corrected chi connectivity index (χ3v) is 7.70. The maximum absolute atomic E-state index is 13.3. The van der Waals surface area contributed by atoms with Gasteiger partial charge in [0.15, 0.2) is 0 Å². The Labute approximate surface area is 187 Å². The van der Waals surface area contributed by atoms with Gasteiger partial charge in [0, 0.05) is 24.2 Å². The van der Waals surface area contributed by atoms with Crippen LogP contribution in [0.15, 0.2) is 17.1 Å². The summed E-state index contributed by atoms with van der Waals surface area (Å²) in [4.78, 5) is 51.2. The fourth-order valence-electron chi connectivity index (χ4n) is 5.81. The molecule has 0 aromatic carbocycles. The highest BCUT2D eigenvalue weighted by Gasteiger charge is 2.41. The number of hydrogen-bond donors (Lipinski definition) is 2. The van der Waals surface area contributed by atoms with Crippen molar-refractivity contribution in [3.63, 3.8) is 0 Å². The van der Waals surface area contributed by atoms with Crippen LogP contribution in [0.25, 0.3) is 0 Å². The molecule has 3 aliphatic heterocycles. The number of carbonyl (C=O) groups excluding carboxylic acids is 3. The Hall–Kier alpha value is -2.19. The van der Waals surface area contributed by atoms with Gasteiger partial charge in [0.25, 0.3) is 11.5 Å². The molecule has 3 fully saturated rings. The number of halogens is 1. The molecule has 5 rings (SSSR count). The van der Waals surface area contributed by atoms with Crippen LogP contribution in [-0.4, -0.2) is 46.3 Å². The van der Waals surface area contributed by atoms with Crippen LogP contribution in [0.5, 0.6) is 0 Å². The van der Waals surface area contributed by atoms with Crippen molar-refractivity contribution < 1.29 is 14.4 Å². The van der Waals surface area contributed by atoms with Gasteiger partial charge in [-0.05, 0) is 69.5 Å². The number of amides is 3. The second-order valence-corrected chi connectivity index (χ2v) is 9.30. The normalized spacial score (nSPS) is 25.9. The standard InChI is InChI=1S/C22H28N4O4.ClH/c27-18-2-1-17(19(28)24-18)26-13-16-15(20(26)29)5-12-25(21(16)30)14-3-6-22(7-4-14)8-10-23-11-9-22;/h5,12,14,17,23H,1-4,6-11,13H2,(H,24,27,28);1H/t17-;/m1./s1. The summed E-state index contributed by atoms with van der Waals surface area (Å²) in [6, 6.07) is 1.22. The molecule has 1 spiro atoms. The lowest BCUT2D eigenvalue weighted by Crippen LogP contribution is -2.52. The van der Waals surface area contributed by atoms with E-state index in [-0.39, 0.29) is 48.8 Å². The quantitative estimate of drug-likeness (QED) is 0.668. The molecule has 0 radical (unpaired) electrons. The first-order chi connectivity index (χ1) is 14.5. The monoisotopic (exact) mass is 448 g/mol. The lowest BCUT2D eigenvalue weighted by Gasteiger charge is -2.43. The molecule has 9 heteroatoms. The molecule has 1 saturated carbocycles. The second kappa shape index (κ2) is 8.39. The van der Waals surface area contributed by atoms with Crippen LogP contribution in [0.2, 0.25) is 0 Å². The van der Waals surface area contributed by atoms with E-state index in [0.717, 1.165) is 38.8 Å². The molecule has 8 nitrogen and oxygen atoms in total. The Kier molecular flexibility index (Phi) is 5.96. The maximum Gasteiger partial charge on any atom is 0.256 e. The topological polar surface area (TPSA) is 101 Å². The zero-order chi connectivity index (χ0) is 20.9. The summed E-state index contributed by atoms with van der Waals surface area (Å²) < 4.78 is 1.81. The molecule has 31 heavy (non-hydrogen) atoms. The highest BCUT2D eigenvalue weighted by Crippen LogP contribution is 2.46. The first-order valence-corrected chi connectivity index (χ1v) is 11.1. The van der Waals surface area contributed by atoms with Crippen molar-refractivity contribution in [1.82, 2.24) is 20.1 Å². The molecule has 168 valence electrons. The average molecular weight is 449 g/mol. The van der Waals surface area contributed by atoms with Crippen LogP contribution in [-0.2, 0) is 16.1 Å². The SMILES string of the molecule is Cl.O=C1CC[C@@H](N2Cc3c(ccn(C4CCC5(CCNCC5)CC4)c3=O)C2=O)C(=O)N1. The van der Waals surface area contributed by atoms with Gasteiger partial charge in [0.1, 0.15) is 6.04 Å². The summed E-state index contributed by atoms with van der Waals surface area (Å²) in [5.74, 6) is -1.06. The summed E-state index contributed by atoms with van der Waals surface area (Å²) in [6.07, 6.45) is 8.97. The molecule has 2 N–H and O–H groups in total. The Morgan fingerprint density at radius 1 is 0.968 bits per heavy atom. The molecule has 0 unspecified atom stereocenters. The molecule has 3 amide bonds. The van der Waals surface area contributed by atoms with E-state index in [1.54, 1.807) is 12.3 Å². The highest BCUT2D eigenvalue weighted by molar-refractivity contribution is 6.05. The highest BCUT2D eigenvalue weighted by atomic mass is 35.5. The number of piperidine rings is 2. The summed E-state index contributed by atoms with van der Waals surface area (Å²) in [5.41, 5.74) is 1.20. The molecule has 1 aromatic rings. The number of hydrogen-bond acceptors (Lipinski definition) is 5. The van der Waals surface area contributed by atoms with Gasteiger partial charge in [-0.1, -0.05) is 0 Å². The van der Waals surface area contributed by atoms with Crippen molar-refractivity contribution in [2.75, 3.05) is 13.1 Å². The molecule has 2 saturated heterocycles. The van der Waals surface area contributed by atoms with E-state index in [0.29, 0.717) is 23.0 Å². The first kappa shape index (κ1) is 22.0.